The summed E-state index contributed by atoms with van der Waals surface area (Å²) in [6, 6.07) is 6.12. The highest BCUT2D eigenvalue weighted by atomic mass is 16.5. The summed E-state index contributed by atoms with van der Waals surface area (Å²) in [4.78, 5) is 0. The summed E-state index contributed by atoms with van der Waals surface area (Å²) in [5.41, 5.74) is 0. The Labute approximate surface area is 69.7 Å². The van der Waals surface area contributed by atoms with E-state index in [1.807, 2.05) is 0 Å². The maximum atomic E-state index is 8.91. The number of hydrogen-bond acceptors (Lipinski definition) is 4. The summed E-state index contributed by atoms with van der Waals surface area (Å²) < 4.78 is 5.01. The van der Waals surface area contributed by atoms with Crippen LogP contribution in [0.15, 0.2) is 29.4 Å². The number of oxime groups is 1. The van der Waals surface area contributed by atoms with Crippen molar-refractivity contribution in [2.24, 2.45) is 5.16 Å². The molecule has 0 aliphatic carbocycles. The van der Waals surface area contributed by atoms with Gasteiger partial charge in [0.2, 0.25) is 5.90 Å². The number of phenolic OH excluding ortho intramolecular Hbond substituents is 1. The number of aromatic hydroxyl groups is 1. The predicted molar refractivity (Wildman–Crippen MR) is 43.6 cm³/mol. The first-order chi connectivity index (χ1) is 5.72. The maximum absolute atomic E-state index is 8.91. The van der Waals surface area contributed by atoms with Crippen molar-refractivity contribution in [3.05, 3.63) is 24.3 Å². The molecule has 0 aromatic heterocycles. The lowest BCUT2D eigenvalue weighted by atomic mass is 10.3. The van der Waals surface area contributed by atoms with Gasteiger partial charge in [-0.1, -0.05) is 5.16 Å². The highest BCUT2D eigenvalue weighted by molar-refractivity contribution is 5.75. The van der Waals surface area contributed by atoms with E-state index in [2.05, 4.69) is 5.16 Å². The number of ether oxygens (including phenoxy) is 1. The third-order valence-electron chi connectivity index (χ3n) is 1.24. The van der Waals surface area contributed by atoms with Gasteiger partial charge in [0.15, 0.2) is 0 Å². The number of nitrogens with zero attached hydrogens (tertiary/aromatic N) is 1. The van der Waals surface area contributed by atoms with Gasteiger partial charge in [0.1, 0.15) is 11.5 Å². The van der Waals surface area contributed by atoms with Crippen LogP contribution in [0, 0.1) is 0 Å². The van der Waals surface area contributed by atoms with Gasteiger partial charge < -0.3 is 15.1 Å². The monoisotopic (exact) mass is 167 g/mol. The Kier molecular flexibility index (Phi) is 2.53. The highest BCUT2D eigenvalue weighted by Crippen LogP contribution is 2.15. The van der Waals surface area contributed by atoms with E-state index >= 15 is 0 Å². The van der Waals surface area contributed by atoms with Crippen LogP contribution in [0.1, 0.15) is 6.92 Å². The van der Waals surface area contributed by atoms with E-state index < -0.39 is 0 Å². The molecule has 0 saturated carbocycles. The van der Waals surface area contributed by atoms with Crippen molar-refractivity contribution in [2.75, 3.05) is 0 Å². The Balaban J connectivity index is 2.71. The number of benzene rings is 1. The van der Waals surface area contributed by atoms with Gasteiger partial charge in [0.25, 0.3) is 0 Å². The van der Waals surface area contributed by atoms with Gasteiger partial charge in [-0.3, -0.25) is 0 Å². The molecular weight excluding hydrogens is 158 g/mol. The summed E-state index contributed by atoms with van der Waals surface area (Å²) in [6.45, 7) is 1.52. The van der Waals surface area contributed by atoms with Gasteiger partial charge in [0, 0.05) is 6.92 Å². The minimum absolute atomic E-state index is 0.153. The van der Waals surface area contributed by atoms with E-state index in [-0.39, 0.29) is 11.6 Å². The highest BCUT2D eigenvalue weighted by Gasteiger charge is 1.95. The van der Waals surface area contributed by atoms with Gasteiger partial charge >= 0.3 is 0 Å². The third-order valence-corrected chi connectivity index (χ3v) is 1.24. The van der Waals surface area contributed by atoms with Crippen LogP contribution in [0.4, 0.5) is 0 Å². The Morgan fingerprint density at radius 1 is 1.33 bits per heavy atom. The SMILES string of the molecule is CC(=NO)Oc1ccc(O)cc1. The Morgan fingerprint density at radius 2 is 1.92 bits per heavy atom. The zero-order chi connectivity index (χ0) is 8.97. The fraction of sp³-hybridized carbons (Fsp3) is 0.125. The molecule has 4 heteroatoms. The quantitative estimate of drug-likeness (QED) is 0.289. The molecular formula is C8H9NO3. The van der Waals surface area contributed by atoms with Gasteiger partial charge in [-0.15, -0.1) is 0 Å². The van der Waals surface area contributed by atoms with E-state index in [4.69, 9.17) is 15.1 Å². The topological polar surface area (TPSA) is 62.1 Å². The molecule has 12 heavy (non-hydrogen) atoms. The molecule has 0 bridgehead atoms. The lowest BCUT2D eigenvalue weighted by molar-refractivity contribution is 0.303. The van der Waals surface area contributed by atoms with E-state index in [1.165, 1.54) is 19.1 Å². The van der Waals surface area contributed by atoms with Gasteiger partial charge in [-0.05, 0) is 24.3 Å². The fourth-order valence-electron chi connectivity index (χ4n) is 0.705. The summed E-state index contributed by atoms with van der Waals surface area (Å²) >= 11 is 0. The molecule has 4 nitrogen and oxygen atoms in total. The smallest absolute Gasteiger partial charge is 0.227 e. The number of rotatable bonds is 1. The van der Waals surface area contributed by atoms with Crippen molar-refractivity contribution >= 4 is 5.90 Å². The molecule has 0 radical (unpaired) electrons. The van der Waals surface area contributed by atoms with Crippen molar-refractivity contribution in [2.45, 2.75) is 6.92 Å². The lowest BCUT2D eigenvalue weighted by Crippen LogP contribution is -2.01. The Bertz CT molecular complexity index is 279. The normalized spacial score (nSPS) is 11.2. The first kappa shape index (κ1) is 8.39. The second-order valence-corrected chi connectivity index (χ2v) is 2.21. The van der Waals surface area contributed by atoms with E-state index in [9.17, 15) is 0 Å². The van der Waals surface area contributed by atoms with E-state index in [1.54, 1.807) is 12.1 Å². The van der Waals surface area contributed by atoms with Crippen molar-refractivity contribution < 1.29 is 15.1 Å². The average molecular weight is 167 g/mol. The molecule has 0 aliphatic heterocycles. The molecule has 0 heterocycles. The van der Waals surface area contributed by atoms with Gasteiger partial charge in [-0.2, -0.15) is 0 Å². The van der Waals surface area contributed by atoms with E-state index in [0.29, 0.717) is 5.75 Å². The second kappa shape index (κ2) is 3.61. The minimum Gasteiger partial charge on any atom is -0.508 e. The molecule has 1 aromatic carbocycles. The standard InChI is InChI=1S/C8H9NO3/c1-6(9-11)12-8-4-2-7(10)3-5-8/h2-5,10-11H,1H3. The van der Waals surface area contributed by atoms with Crippen molar-refractivity contribution in [3.8, 4) is 11.5 Å². The fourth-order valence-corrected chi connectivity index (χ4v) is 0.705. The maximum Gasteiger partial charge on any atom is 0.227 e. The Hall–Kier alpha value is -1.71. The predicted octanol–water partition coefficient (Wildman–Crippen LogP) is 1.58. The van der Waals surface area contributed by atoms with Crippen LogP contribution in [0.5, 0.6) is 11.5 Å². The molecule has 0 atom stereocenters. The van der Waals surface area contributed by atoms with Crippen LogP contribution in [-0.2, 0) is 0 Å². The zero-order valence-corrected chi connectivity index (χ0v) is 6.56. The lowest BCUT2D eigenvalue weighted by Gasteiger charge is -2.01. The molecule has 1 rings (SSSR count). The second-order valence-electron chi connectivity index (χ2n) is 2.21. The molecule has 0 saturated heterocycles. The van der Waals surface area contributed by atoms with Crippen LogP contribution in [0.3, 0.4) is 0 Å². The van der Waals surface area contributed by atoms with E-state index in [0.717, 1.165) is 0 Å². The number of hydrogen-bond donors (Lipinski definition) is 2. The molecule has 0 amide bonds. The summed E-state index contributed by atoms with van der Waals surface area (Å²) in [6.07, 6.45) is 0. The Morgan fingerprint density at radius 3 is 2.42 bits per heavy atom. The van der Waals surface area contributed by atoms with Crippen molar-refractivity contribution in [3.63, 3.8) is 0 Å². The van der Waals surface area contributed by atoms with Crippen molar-refractivity contribution in [1.29, 1.82) is 0 Å². The minimum atomic E-state index is 0.153. The summed E-state index contributed by atoms with van der Waals surface area (Å²) in [5.74, 6) is 0.838. The molecule has 2 N–H and O–H groups in total. The average Bonchev–Trinajstić information content (AvgIpc) is 2.09. The summed E-state index contributed by atoms with van der Waals surface area (Å²) in [7, 11) is 0. The van der Waals surface area contributed by atoms with Crippen LogP contribution in [0.2, 0.25) is 0 Å². The van der Waals surface area contributed by atoms with Gasteiger partial charge in [-0.25, -0.2) is 0 Å². The zero-order valence-electron chi connectivity index (χ0n) is 6.56. The molecule has 0 spiro atoms. The van der Waals surface area contributed by atoms with Crippen LogP contribution < -0.4 is 4.74 Å². The first-order valence-electron chi connectivity index (χ1n) is 3.38. The molecule has 0 aliphatic rings. The first-order valence-corrected chi connectivity index (χ1v) is 3.38. The summed E-state index contributed by atoms with van der Waals surface area (Å²) in [5, 5.41) is 20.0. The molecule has 1 aromatic rings. The van der Waals surface area contributed by atoms with Crippen LogP contribution in [-0.4, -0.2) is 16.2 Å². The third kappa shape index (κ3) is 2.16. The van der Waals surface area contributed by atoms with Crippen LogP contribution in [0.25, 0.3) is 0 Å². The molecule has 0 unspecified atom stereocenters. The molecule has 64 valence electrons. The number of phenols is 1. The largest absolute Gasteiger partial charge is 0.508 e. The van der Waals surface area contributed by atoms with Crippen molar-refractivity contribution in [1.82, 2.24) is 0 Å². The van der Waals surface area contributed by atoms with Gasteiger partial charge in [0.05, 0.1) is 0 Å². The molecule has 0 fully saturated rings. The van der Waals surface area contributed by atoms with Crippen LogP contribution >= 0.6 is 0 Å².